The predicted octanol–water partition coefficient (Wildman–Crippen LogP) is 1.24. The monoisotopic (exact) mass is 247 g/mol. The maximum atomic E-state index is 5.06. The first-order valence-corrected chi connectivity index (χ1v) is 5.81. The van der Waals surface area contributed by atoms with Gasteiger partial charge >= 0.3 is 0 Å². The van der Waals surface area contributed by atoms with Crippen LogP contribution in [0, 0.1) is 6.92 Å². The van der Waals surface area contributed by atoms with E-state index in [1.807, 2.05) is 19.2 Å². The summed E-state index contributed by atoms with van der Waals surface area (Å²) < 4.78 is 7.12. The van der Waals surface area contributed by atoms with Gasteiger partial charge in [0, 0.05) is 26.0 Å². The summed E-state index contributed by atoms with van der Waals surface area (Å²) in [6.07, 6.45) is 5.39. The van der Waals surface area contributed by atoms with Crippen molar-refractivity contribution >= 4 is 5.82 Å². The van der Waals surface area contributed by atoms with Crippen molar-refractivity contribution < 1.29 is 4.74 Å². The Morgan fingerprint density at radius 2 is 2.33 bits per heavy atom. The first-order chi connectivity index (χ1) is 8.79. The Morgan fingerprint density at radius 1 is 1.44 bits per heavy atom. The average Bonchev–Trinajstić information content (AvgIpc) is 2.81. The quantitative estimate of drug-likeness (QED) is 0.832. The molecule has 96 valence electrons. The Kier molecular flexibility index (Phi) is 4.25. The largest absolute Gasteiger partial charge is 0.383 e. The van der Waals surface area contributed by atoms with Gasteiger partial charge in [0.2, 0.25) is 0 Å². The topological polar surface area (TPSA) is 64.9 Å². The van der Waals surface area contributed by atoms with Crippen molar-refractivity contribution in [3.05, 3.63) is 36.3 Å². The summed E-state index contributed by atoms with van der Waals surface area (Å²) in [7, 11) is 1.69. The van der Waals surface area contributed by atoms with Gasteiger partial charge in [-0.05, 0) is 13.0 Å². The molecular formula is C12H17N5O. The van der Waals surface area contributed by atoms with Crippen LogP contribution >= 0.6 is 0 Å². The second-order valence-corrected chi connectivity index (χ2v) is 3.91. The summed E-state index contributed by atoms with van der Waals surface area (Å²) >= 11 is 0. The van der Waals surface area contributed by atoms with Gasteiger partial charge < -0.3 is 14.6 Å². The molecule has 6 heteroatoms. The standard InChI is InChI=1S/C12H17N5O/c1-10-14-4-3-12(16-10)15-8-11-7-13-9-17(11)5-6-18-2/h3-4,7,9H,5-6,8H2,1-2H3,(H,14,15,16). The fourth-order valence-corrected chi connectivity index (χ4v) is 1.62. The van der Waals surface area contributed by atoms with Crippen LogP contribution in [0.2, 0.25) is 0 Å². The van der Waals surface area contributed by atoms with Gasteiger partial charge in [0.25, 0.3) is 0 Å². The molecule has 2 rings (SSSR count). The van der Waals surface area contributed by atoms with Crippen LogP contribution in [-0.2, 0) is 17.8 Å². The van der Waals surface area contributed by atoms with Crippen LogP contribution in [0.4, 0.5) is 5.82 Å². The van der Waals surface area contributed by atoms with Crippen LogP contribution in [-0.4, -0.2) is 33.2 Å². The van der Waals surface area contributed by atoms with E-state index in [1.165, 1.54) is 0 Å². The molecule has 0 amide bonds. The molecular weight excluding hydrogens is 230 g/mol. The molecule has 0 aromatic carbocycles. The summed E-state index contributed by atoms with van der Waals surface area (Å²) in [4.78, 5) is 12.5. The lowest BCUT2D eigenvalue weighted by atomic mass is 10.4. The van der Waals surface area contributed by atoms with E-state index in [2.05, 4.69) is 24.8 Å². The number of rotatable bonds is 6. The highest BCUT2D eigenvalue weighted by molar-refractivity contribution is 5.33. The van der Waals surface area contributed by atoms with Gasteiger partial charge in [-0.3, -0.25) is 0 Å². The summed E-state index contributed by atoms with van der Waals surface area (Å²) in [5.41, 5.74) is 1.10. The Labute approximate surface area is 106 Å². The maximum Gasteiger partial charge on any atom is 0.129 e. The smallest absolute Gasteiger partial charge is 0.129 e. The molecule has 0 atom stereocenters. The zero-order chi connectivity index (χ0) is 12.8. The third-order valence-corrected chi connectivity index (χ3v) is 2.56. The SMILES string of the molecule is COCCn1cncc1CNc1ccnc(C)n1. The van der Waals surface area contributed by atoms with Gasteiger partial charge in [-0.1, -0.05) is 0 Å². The van der Waals surface area contributed by atoms with Crippen molar-refractivity contribution in [2.45, 2.75) is 20.0 Å². The minimum absolute atomic E-state index is 0.677. The number of hydrogen-bond acceptors (Lipinski definition) is 5. The van der Waals surface area contributed by atoms with E-state index in [0.717, 1.165) is 23.9 Å². The lowest BCUT2D eigenvalue weighted by Crippen LogP contribution is -2.10. The average molecular weight is 247 g/mol. The summed E-state index contributed by atoms with van der Waals surface area (Å²) in [6, 6.07) is 1.85. The van der Waals surface area contributed by atoms with Crippen molar-refractivity contribution in [1.82, 2.24) is 19.5 Å². The number of methoxy groups -OCH3 is 1. The van der Waals surface area contributed by atoms with E-state index < -0.39 is 0 Å². The fraction of sp³-hybridized carbons (Fsp3) is 0.417. The van der Waals surface area contributed by atoms with E-state index in [1.54, 1.807) is 19.6 Å². The molecule has 0 fully saturated rings. The van der Waals surface area contributed by atoms with Crippen LogP contribution in [0.25, 0.3) is 0 Å². The van der Waals surface area contributed by atoms with Crippen LogP contribution in [0.1, 0.15) is 11.5 Å². The first-order valence-electron chi connectivity index (χ1n) is 5.81. The Bertz CT molecular complexity index is 497. The zero-order valence-electron chi connectivity index (χ0n) is 10.6. The molecule has 2 aromatic rings. The van der Waals surface area contributed by atoms with Gasteiger partial charge in [-0.15, -0.1) is 0 Å². The number of anilines is 1. The molecule has 0 aliphatic carbocycles. The van der Waals surface area contributed by atoms with Gasteiger partial charge in [0.15, 0.2) is 0 Å². The molecule has 0 aliphatic rings. The molecule has 2 heterocycles. The van der Waals surface area contributed by atoms with Crippen LogP contribution in [0.5, 0.6) is 0 Å². The van der Waals surface area contributed by atoms with Gasteiger partial charge in [-0.2, -0.15) is 0 Å². The second kappa shape index (κ2) is 6.11. The summed E-state index contributed by atoms with van der Waals surface area (Å²) in [6.45, 7) is 4.03. The maximum absolute atomic E-state index is 5.06. The lowest BCUT2D eigenvalue weighted by Gasteiger charge is -2.09. The molecule has 6 nitrogen and oxygen atoms in total. The highest BCUT2D eigenvalue weighted by Crippen LogP contribution is 2.05. The van der Waals surface area contributed by atoms with Crippen molar-refractivity contribution in [3.8, 4) is 0 Å². The third kappa shape index (κ3) is 3.27. The molecule has 18 heavy (non-hydrogen) atoms. The number of aromatic nitrogens is 4. The number of nitrogens with zero attached hydrogens (tertiary/aromatic N) is 4. The molecule has 0 radical (unpaired) electrons. The third-order valence-electron chi connectivity index (χ3n) is 2.56. The number of ether oxygens (including phenoxy) is 1. The molecule has 0 saturated heterocycles. The number of imidazole rings is 1. The fourth-order valence-electron chi connectivity index (χ4n) is 1.62. The van der Waals surface area contributed by atoms with E-state index in [4.69, 9.17) is 4.74 Å². The molecule has 1 N–H and O–H groups in total. The van der Waals surface area contributed by atoms with Crippen molar-refractivity contribution in [2.75, 3.05) is 19.0 Å². The van der Waals surface area contributed by atoms with Crippen LogP contribution in [0.15, 0.2) is 24.8 Å². The normalized spacial score (nSPS) is 10.6. The number of nitrogens with one attached hydrogen (secondary N) is 1. The molecule has 0 bridgehead atoms. The molecule has 0 saturated carbocycles. The molecule has 2 aromatic heterocycles. The van der Waals surface area contributed by atoms with Gasteiger partial charge in [0.1, 0.15) is 11.6 Å². The zero-order valence-corrected chi connectivity index (χ0v) is 10.6. The van der Waals surface area contributed by atoms with E-state index in [9.17, 15) is 0 Å². The van der Waals surface area contributed by atoms with Crippen LogP contribution < -0.4 is 5.32 Å². The van der Waals surface area contributed by atoms with Crippen LogP contribution in [0.3, 0.4) is 0 Å². The van der Waals surface area contributed by atoms with E-state index >= 15 is 0 Å². The number of aryl methyl sites for hydroxylation is 1. The van der Waals surface area contributed by atoms with Crippen molar-refractivity contribution in [3.63, 3.8) is 0 Å². The molecule has 0 unspecified atom stereocenters. The summed E-state index contributed by atoms with van der Waals surface area (Å²) in [5, 5.41) is 3.25. The van der Waals surface area contributed by atoms with Crippen molar-refractivity contribution in [2.24, 2.45) is 0 Å². The lowest BCUT2D eigenvalue weighted by molar-refractivity contribution is 0.186. The Balaban J connectivity index is 1.95. The van der Waals surface area contributed by atoms with E-state index in [0.29, 0.717) is 13.2 Å². The predicted molar refractivity (Wildman–Crippen MR) is 68.2 cm³/mol. The molecule has 0 aliphatic heterocycles. The van der Waals surface area contributed by atoms with Gasteiger partial charge in [0.05, 0.1) is 25.2 Å². The Hall–Kier alpha value is -1.95. The summed E-state index contributed by atoms with van der Waals surface area (Å²) in [5.74, 6) is 1.58. The van der Waals surface area contributed by atoms with E-state index in [-0.39, 0.29) is 0 Å². The highest BCUT2D eigenvalue weighted by atomic mass is 16.5. The number of hydrogen-bond donors (Lipinski definition) is 1. The second-order valence-electron chi connectivity index (χ2n) is 3.91. The van der Waals surface area contributed by atoms with Crippen molar-refractivity contribution in [1.29, 1.82) is 0 Å². The van der Waals surface area contributed by atoms with Gasteiger partial charge in [-0.25, -0.2) is 15.0 Å². The first kappa shape index (κ1) is 12.5. The highest BCUT2D eigenvalue weighted by Gasteiger charge is 2.02. The minimum atomic E-state index is 0.677. The Morgan fingerprint density at radius 3 is 3.11 bits per heavy atom. The minimum Gasteiger partial charge on any atom is -0.383 e. The molecule has 0 spiro atoms.